The highest BCUT2D eigenvalue weighted by molar-refractivity contribution is 6.30. The Labute approximate surface area is 205 Å². The highest BCUT2D eigenvalue weighted by Gasteiger charge is 2.36. The molecular formula is C26H20ClFN4O3. The molecule has 0 amide bonds. The second-order valence-corrected chi connectivity index (χ2v) is 8.26. The van der Waals surface area contributed by atoms with Crippen molar-refractivity contribution in [3.8, 4) is 5.75 Å². The third-order valence-corrected chi connectivity index (χ3v) is 5.90. The summed E-state index contributed by atoms with van der Waals surface area (Å²) in [5, 5.41) is 8.14. The molecule has 0 saturated heterocycles. The van der Waals surface area contributed by atoms with Crippen molar-refractivity contribution in [2.24, 2.45) is 0 Å². The molecule has 4 aromatic rings. The lowest BCUT2D eigenvalue weighted by Gasteiger charge is -2.29. The molecule has 7 nitrogen and oxygen atoms in total. The van der Waals surface area contributed by atoms with Crippen molar-refractivity contribution in [1.29, 1.82) is 0 Å². The molecule has 176 valence electrons. The first kappa shape index (κ1) is 22.6. The average molecular weight is 491 g/mol. The van der Waals surface area contributed by atoms with Crippen LogP contribution in [0.2, 0.25) is 5.02 Å². The zero-order valence-electron chi connectivity index (χ0n) is 18.6. The normalized spacial score (nSPS) is 14.8. The van der Waals surface area contributed by atoms with E-state index in [1.807, 2.05) is 36.4 Å². The molecule has 1 aliphatic rings. The number of ether oxygens (including phenoxy) is 2. The van der Waals surface area contributed by atoms with E-state index in [0.29, 0.717) is 34.6 Å². The van der Waals surface area contributed by atoms with E-state index < -0.39 is 12.0 Å². The lowest BCUT2D eigenvalue weighted by atomic mass is 9.93. The number of esters is 1. The molecule has 0 spiro atoms. The van der Waals surface area contributed by atoms with Crippen LogP contribution in [0.4, 0.5) is 10.3 Å². The number of carbonyl (C=O) groups is 1. The summed E-state index contributed by atoms with van der Waals surface area (Å²) in [5.41, 5.74) is 3.35. The van der Waals surface area contributed by atoms with Gasteiger partial charge in [-0.1, -0.05) is 48.0 Å². The van der Waals surface area contributed by atoms with E-state index in [4.69, 9.17) is 21.1 Å². The van der Waals surface area contributed by atoms with Gasteiger partial charge in [-0.25, -0.2) is 13.9 Å². The first-order chi connectivity index (χ1) is 17.0. The predicted octanol–water partition coefficient (Wildman–Crippen LogP) is 5.25. The second kappa shape index (κ2) is 9.60. The number of anilines is 1. The number of carbonyl (C=O) groups excluding carboxylic acids is 1. The molecule has 35 heavy (non-hydrogen) atoms. The van der Waals surface area contributed by atoms with E-state index in [0.717, 1.165) is 16.7 Å². The van der Waals surface area contributed by atoms with Gasteiger partial charge in [-0.15, -0.1) is 0 Å². The van der Waals surface area contributed by atoms with Crippen LogP contribution in [0.25, 0.3) is 5.70 Å². The summed E-state index contributed by atoms with van der Waals surface area (Å²) in [4.78, 5) is 17.3. The van der Waals surface area contributed by atoms with Crippen LogP contribution in [0.15, 0.2) is 84.7 Å². The SMILES string of the molecule is COC(=O)C1=C(c2ccc(Cl)cc2)Nc2ncnn2[C@H]1c1ccc(OCc2ccc(F)cc2)cc1. The maximum absolute atomic E-state index is 13.1. The van der Waals surface area contributed by atoms with Crippen molar-refractivity contribution in [1.82, 2.24) is 14.8 Å². The number of halogens is 2. The van der Waals surface area contributed by atoms with Gasteiger partial charge < -0.3 is 14.8 Å². The van der Waals surface area contributed by atoms with Crippen LogP contribution in [0, 0.1) is 5.82 Å². The van der Waals surface area contributed by atoms with Crippen LogP contribution in [-0.4, -0.2) is 27.8 Å². The smallest absolute Gasteiger partial charge is 0.338 e. The zero-order chi connectivity index (χ0) is 24.4. The molecule has 0 radical (unpaired) electrons. The molecule has 0 aliphatic carbocycles. The van der Waals surface area contributed by atoms with Gasteiger partial charge in [-0.3, -0.25) is 0 Å². The van der Waals surface area contributed by atoms with E-state index in [2.05, 4.69) is 15.4 Å². The molecule has 5 rings (SSSR count). The number of nitrogens with zero attached hydrogens (tertiary/aromatic N) is 3. The fraction of sp³-hybridized carbons (Fsp3) is 0.115. The van der Waals surface area contributed by atoms with Gasteiger partial charge in [0, 0.05) is 5.02 Å². The molecular weight excluding hydrogens is 471 g/mol. The molecule has 0 fully saturated rings. The Morgan fingerprint density at radius 3 is 2.46 bits per heavy atom. The zero-order valence-corrected chi connectivity index (χ0v) is 19.4. The molecule has 1 atom stereocenters. The Bertz CT molecular complexity index is 1380. The van der Waals surface area contributed by atoms with Gasteiger partial charge in [-0.2, -0.15) is 10.1 Å². The Hall–Kier alpha value is -4.17. The first-order valence-corrected chi connectivity index (χ1v) is 11.1. The largest absolute Gasteiger partial charge is 0.489 e. The highest BCUT2D eigenvalue weighted by atomic mass is 35.5. The minimum Gasteiger partial charge on any atom is -0.489 e. The Morgan fingerprint density at radius 1 is 1.06 bits per heavy atom. The predicted molar refractivity (Wildman–Crippen MR) is 129 cm³/mol. The number of fused-ring (bicyclic) bond motifs is 1. The van der Waals surface area contributed by atoms with Gasteiger partial charge in [0.1, 0.15) is 30.5 Å². The van der Waals surface area contributed by atoms with E-state index >= 15 is 0 Å². The molecule has 9 heteroatoms. The highest BCUT2D eigenvalue weighted by Crippen LogP contribution is 2.39. The number of methoxy groups -OCH3 is 1. The molecule has 0 saturated carbocycles. The van der Waals surface area contributed by atoms with Gasteiger partial charge in [0.25, 0.3) is 0 Å². The van der Waals surface area contributed by atoms with Crippen LogP contribution >= 0.6 is 11.6 Å². The van der Waals surface area contributed by atoms with E-state index in [-0.39, 0.29) is 5.82 Å². The third kappa shape index (κ3) is 4.61. The van der Waals surface area contributed by atoms with Gasteiger partial charge in [-0.05, 0) is 53.1 Å². The standard InChI is InChI=1S/C26H20ClFN4O3/c1-34-25(33)22-23(17-4-8-19(27)9-5-17)31-26-29-15-30-32(26)24(22)18-6-12-21(13-7-18)35-14-16-2-10-20(28)11-3-16/h2-13,15,24H,14H2,1H3,(H,29,30,31)/t24-/m0/s1. The van der Waals surface area contributed by atoms with Gasteiger partial charge in [0.2, 0.25) is 5.95 Å². The molecule has 2 heterocycles. The summed E-state index contributed by atoms with van der Waals surface area (Å²) in [6, 6.07) is 20.1. The number of hydrogen-bond donors (Lipinski definition) is 1. The maximum Gasteiger partial charge on any atom is 0.338 e. The summed E-state index contributed by atoms with van der Waals surface area (Å²) in [6.45, 7) is 0.300. The molecule has 1 aromatic heterocycles. The summed E-state index contributed by atoms with van der Waals surface area (Å²) >= 11 is 6.07. The Balaban J connectivity index is 1.50. The second-order valence-electron chi connectivity index (χ2n) is 7.83. The van der Waals surface area contributed by atoms with Crippen molar-refractivity contribution in [3.63, 3.8) is 0 Å². The van der Waals surface area contributed by atoms with E-state index in [1.165, 1.54) is 25.6 Å². The number of benzene rings is 3. The van der Waals surface area contributed by atoms with Crippen LogP contribution in [0.3, 0.4) is 0 Å². The van der Waals surface area contributed by atoms with Crippen LogP contribution < -0.4 is 10.1 Å². The van der Waals surface area contributed by atoms with Crippen molar-refractivity contribution < 1.29 is 18.7 Å². The first-order valence-electron chi connectivity index (χ1n) is 10.8. The number of nitrogens with one attached hydrogen (secondary N) is 1. The summed E-state index contributed by atoms with van der Waals surface area (Å²) in [7, 11) is 1.34. The van der Waals surface area contributed by atoms with Crippen LogP contribution in [0.1, 0.15) is 22.7 Å². The fourth-order valence-corrected chi connectivity index (χ4v) is 4.06. The minimum absolute atomic E-state index is 0.292. The molecule has 0 bridgehead atoms. The molecule has 1 aliphatic heterocycles. The van der Waals surface area contributed by atoms with Gasteiger partial charge in [0.05, 0.1) is 18.4 Å². The van der Waals surface area contributed by atoms with Crippen molar-refractivity contribution in [2.75, 3.05) is 12.4 Å². The lowest BCUT2D eigenvalue weighted by molar-refractivity contribution is -0.136. The number of rotatable bonds is 6. The monoisotopic (exact) mass is 490 g/mol. The summed E-state index contributed by atoms with van der Waals surface area (Å²) < 4.78 is 25.8. The number of hydrogen-bond acceptors (Lipinski definition) is 6. The van der Waals surface area contributed by atoms with Gasteiger partial charge in [0.15, 0.2) is 0 Å². The van der Waals surface area contributed by atoms with Gasteiger partial charge >= 0.3 is 5.97 Å². The van der Waals surface area contributed by atoms with Crippen molar-refractivity contribution in [3.05, 3.63) is 112 Å². The molecule has 1 N–H and O–H groups in total. The molecule has 0 unspecified atom stereocenters. The van der Waals surface area contributed by atoms with E-state index in [9.17, 15) is 9.18 Å². The average Bonchev–Trinajstić information content (AvgIpc) is 3.36. The van der Waals surface area contributed by atoms with Crippen molar-refractivity contribution >= 4 is 29.2 Å². The van der Waals surface area contributed by atoms with Crippen molar-refractivity contribution in [2.45, 2.75) is 12.6 Å². The molecule has 3 aromatic carbocycles. The van der Waals surface area contributed by atoms with E-state index in [1.54, 1.807) is 28.9 Å². The summed E-state index contributed by atoms with van der Waals surface area (Å²) in [6.07, 6.45) is 1.43. The van der Waals surface area contributed by atoms with Crippen LogP contribution in [0.5, 0.6) is 5.75 Å². The quantitative estimate of drug-likeness (QED) is 0.372. The maximum atomic E-state index is 13.1. The number of aromatic nitrogens is 3. The minimum atomic E-state index is -0.585. The lowest BCUT2D eigenvalue weighted by Crippen LogP contribution is -2.29. The van der Waals surface area contributed by atoms with Crippen LogP contribution in [-0.2, 0) is 16.1 Å². The summed E-state index contributed by atoms with van der Waals surface area (Å²) in [5.74, 6) is 0.335. The Kier molecular flexibility index (Phi) is 6.20. The topological polar surface area (TPSA) is 78.3 Å². The fourth-order valence-electron chi connectivity index (χ4n) is 3.94. The third-order valence-electron chi connectivity index (χ3n) is 5.65. The Morgan fingerprint density at radius 2 is 1.77 bits per heavy atom.